The van der Waals surface area contributed by atoms with E-state index in [1.54, 1.807) is 11.9 Å². The van der Waals surface area contributed by atoms with Crippen LogP contribution in [0.5, 0.6) is 6.01 Å². The molecule has 1 aromatic carbocycles. The number of nitrogens with two attached hydrogens (primary N) is 1. The Labute approximate surface area is 227 Å². The van der Waals surface area contributed by atoms with Crippen LogP contribution >= 0.6 is 0 Å². The van der Waals surface area contributed by atoms with Crippen molar-refractivity contribution in [1.82, 2.24) is 19.9 Å². The molecule has 216 valence electrons. The first-order chi connectivity index (χ1) is 18.8. The summed E-state index contributed by atoms with van der Waals surface area (Å²) in [6.07, 6.45) is -3.12. The van der Waals surface area contributed by atoms with Gasteiger partial charge in [-0.05, 0) is 64.3 Å². The average Bonchev–Trinajstić information content (AvgIpc) is 3.18. The van der Waals surface area contributed by atoms with Crippen LogP contribution < -0.4 is 15.4 Å². The zero-order valence-corrected chi connectivity index (χ0v) is 22.3. The topological polar surface area (TPSA) is 80.4 Å². The van der Waals surface area contributed by atoms with E-state index in [1.165, 1.54) is 0 Å². The summed E-state index contributed by atoms with van der Waals surface area (Å²) < 4.78 is 93.6. The number of anilines is 2. The van der Waals surface area contributed by atoms with Crippen LogP contribution in [0.3, 0.4) is 0 Å². The van der Waals surface area contributed by atoms with Crippen LogP contribution in [-0.2, 0) is 6.18 Å². The van der Waals surface area contributed by atoms with Crippen molar-refractivity contribution < 1.29 is 31.1 Å². The van der Waals surface area contributed by atoms with Gasteiger partial charge < -0.3 is 15.4 Å². The SMILES string of the molecule is Cc1cc(N)nc(-c2c(F)cc3c(N4CCCC[C@@H]4C)nc(OC[C@@H]4C[C@@H](F)CN4C)nc3c2F)c1C(F)(F)F. The first-order valence-corrected chi connectivity index (χ1v) is 13.1. The number of fused-ring (bicyclic) bond motifs is 1. The Bertz CT molecular complexity index is 1430. The molecule has 5 rings (SSSR count). The fraction of sp³-hybridized carbons (Fsp3) is 0.519. The number of pyridine rings is 1. The van der Waals surface area contributed by atoms with E-state index in [1.807, 2.05) is 11.8 Å². The Morgan fingerprint density at radius 3 is 2.52 bits per heavy atom. The van der Waals surface area contributed by atoms with E-state index < -0.39 is 46.3 Å². The van der Waals surface area contributed by atoms with Crippen molar-refractivity contribution >= 4 is 22.5 Å². The summed E-state index contributed by atoms with van der Waals surface area (Å²) in [5.74, 6) is -2.69. The molecule has 2 aromatic heterocycles. The van der Waals surface area contributed by atoms with Crippen LogP contribution in [0.4, 0.5) is 38.0 Å². The zero-order chi connectivity index (χ0) is 28.9. The Morgan fingerprint density at radius 1 is 1.12 bits per heavy atom. The van der Waals surface area contributed by atoms with Crippen molar-refractivity contribution in [2.24, 2.45) is 0 Å². The van der Waals surface area contributed by atoms with E-state index in [0.29, 0.717) is 6.54 Å². The third kappa shape index (κ3) is 5.23. The van der Waals surface area contributed by atoms with Crippen molar-refractivity contribution in [2.75, 3.05) is 37.4 Å². The first-order valence-electron chi connectivity index (χ1n) is 13.1. The van der Waals surface area contributed by atoms with Gasteiger partial charge >= 0.3 is 12.2 Å². The van der Waals surface area contributed by atoms with Gasteiger partial charge in [-0.3, -0.25) is 4.90 Å². The summed E-state index contributed by atoms with van der Waals surface area (Å²) >= 11 is 0. The summed E-state index contributed by atoms with van der Waals surface area (Å²) in [5, 5.41) is -0.00385. The van der Waals surface area contributed by atoms with Gasteiger partial charge in [0.15, 0.2) is 5.82 Å². The molecule has 0 unspecified atom stereocenters. The number of nitrogen functional groups attached to an aromatic ring is 1. The number of likely N-dealkylation sites (N-methyl/N-ethyl adjacent to an activating group) is 1. The Kier molecular flexibility index (Phi) is 7.45. The second kappa shape index (κ2) is 10.6. The molecule has 0 amide bonds. The number of hydrogen-bond acceptors (Lipinski definition) is 7. The molecule has 3 atom stereocenters. The van der Waals surface area contributed by atoms with E-state index in [0.717, 1.165) is 38.3 Å². The number of halogens is 6. The molecule has 0 radical (unpaired) electrons. The van der Waals surface area contributed by atoms with Gasteiger partial charge in [0.05, 0.1) is 16.8 Å². The van der Waals surface area contributed by atoms with Crippen molar-refractivity contribution in [3.63, 3.8) is 0 Å². The molecule has 7 nitrogen and oxygen atoms in total. The lowest BCUT2D eigenvalue weighted by atomic mass is 9.98. The van der Waals surface area contributed by atoms with Gasteiger partial charge in [-0.2, -0.15) is 23.1 Å². The molecule has 2 saturated heterocycles. The van der Waals surface area contributed by atoms with Gasteiger partial charge in [0.25, 0.3) is 0 Å². The summed E-state index contributed by atoms with van der Waals surface area (Å²) in [5.41, 5.74) is 1.72. The second-order valence-electron chi connectivity index (χ2n) is 10.6. The normalized spacial score (nSPS) is 22.3. The van der Waals surface area contributed by atoms with Gasteiger partial charge in [-0.1, -0.05) is 0 Å². The number of rotatable bonds is 5. The molecule has 4 heterocycles. The molecular formula is C27H30F6N6O. The minimum atomic E-state index is -4.95. The molecule has 0 saturated carbocycles. The third-order valence-electron chi connectivity index (χ3n) is 7.72. The largest absolute Gasteiger partial charge is 0.462 e. The lowest BCUT2D eigenvalue weighted by Crippen LogP contribution is -2.38. The van der Waals surface area contributed by atoms with E-state index in [-0.39, 0.29) is 60.3 Å². The van der Waals surface area contributed by atoms with Crippen molar-refractivity contribution in [1.29, 1.82) is 0 Å². The highest BCUT2D eigenvalue weighted by atomic mass is 19.4. The van der Waals surface area contributed by atoms with Crippen LogP contribution in [0.15, 0.2) is 12.1 Å². The van der Waals surface area contributed by atoms with Crippen molar-refractivity contribution in [3.05, 3.63) is 34.9 Å². The Hall–Kier alpha value is -3.35. The lowest BCUT2D eigenvalue weighted by Gasteiger charge is -2.35. The van der Waals surface area contributed by atoms with Crippen LogP contribution in [0.25, 0.3) is 22.2 Å². The molecule has 3 aromatic rings. The molecule has 2 aliphatic rings. The molecule has 13 heteroatoms. The molecule has 0 aliphatic carbocycles. The molecular weight excluding hydrogens is 538 g/mol. The lowest BCUT2D eigenvalue weighted by molar-refractivity contribution is -0.137. The maximum atomic E-state index is 16.2. The number of ether oxygens (including phenoxy) is 1. The molecule has 0 spiro atoms. The molecule has 2 aliphatic heterocycles. The maximum absolute atomic E-state index is 16.2. The average molecular weight is 569 g/mol. The quantitative estimate of drug-likeness (QED) is 0.397. The van der Waals surface area contributed by atoms with Gasteiger partial charge in [-0.15, -0.1) is 0 Å². The molecule has 2 N–H and O–H groups in total. The van der Waals surface area contributed by atoms with Gasteiger partial charge in [0.1, 0.15) is 35.7 Å². The summed E-state index contributed by atoms with van der Waals surface area (Å²) in [7, 11) is 1.75. The monoisotopic (exact) mass is 568 g/mol. The molecule has 2 fully saturated rings. The minimum absolute atomic E-state index is 0.00385. The van der Waals surface area contributed by atoms with E-state index in [9.17, 15) is 17.6 Å². The van der Waals surface area contributed by atoms with Gasteiger partial charge in [0, 0.05) is 30.6 Å². The fourth-order valence-corrected chi connectivity index (χ4v) is 5.69. The maximum Gasteiger partial charge on any atom is 0.418 e. The highest BCUT2D eigenvalue weighted by Crippen LogP contribution is 2.43. The molecule has 40 heavy (non-hydrogen) atoms. The number of aromatic nitrogens is 3. The summed E-state index contributed by atoms with van der Waals surface area (Å²) in [4.78, 5) is 16.0. The van der Waals surface area contributed by atoms with Gasteiger partial charge in [0.2, 0.25) is 0 Å². The van der Waals surface area contributed by atoms with Crippen LogP contribution in [-0.4, -0.2) is 64.9 Å². The summed E-state index contributed by atoms with van der Waals surface area (Å²) in [6.45, 7) is 3.92. The van der Waals surface area contributed by atoms with Crippen molar-refractivity contribution in [3.8, 4) is 17.3 Å². The van der Waals surface area contributed by atoms with E-state index in [4.69, 9.17) is 10.5 Å². The predicted octanol–water partition coefficient (Wildman–Crippen LogP) is 5.68. The zero-order valence-electron chi connectivity index (χ0n) is 22.3. The number of likely N-dealkylation sites (tertiary alicyclic amines) is 1. The Morgan fingerprint density at radius 2 is 1.88 bits per heavy atom. The second-order valence-corrected chi connectivity index (χ2v) is 10.6. The standard InChI is InChI=1S/C27H30F6N6O/c1-13-8-19(34)35-24(21(13)27(31,32)33)20-18(29)10-17-23(22(20)30)36-26(40-12-16-9-15(28)11-38(16)3)37-25(17)39-7-5-4-6-14(39)2/h8,10,14-16H,4-7,9,11-12H2,1-3H3,(H2,34,35)/t14-,15+,16-/m0/s1. The highest BCUT2D eigenvalue weighted by Gasteiger charge is 2.39. The predicted molar refractivity (Wildman–Crippen MR) is 139 cm³/mol. The van der Waals surface area contributed by atoms with Crippen LogP contribution in [0, 0.1) is 18.6 Å². The van der Waals surface area contributed by atoms with Crippen LogP contribution in [0.2, 0.25) is 0 Å². The third-order valence-corrected chi connectivity index (χ3v) is 7.72. The Balaban J connectivity index is 1.69. The number of benzene rings is 1. The van der Waals surface area contributed by atoms with E-state index in [2.05, 4.69) is 15.0 Å². The highest BCUT2D eigenvalue weighted by molar-refractivity contribution is 5.94. The molecule has 0 bridgehead atoms. The fourth-order valence-electron chi connectivity index (χ4n) is 5.69. The minimum Gasteiger partial charge on any atom is -0.462 e. The number of hydrogen-bond donors (Lipinski definition) is 1. The summed E-state index contributed by atoms with van der Waals surface area (Å²) in [6, 6.07) is 1.41. The smallest absolute Gasteiger partial charge is 0.418 e. The van der Waals surface area contributed by atoms with Gasteiger partial charge in [-0.25, -0.2) is 18.2 Å². The van der Waals surface area contributed by atoms with Crippen LogP contribution in [0.1, 0.15) is 43.7 Å². The first kappa shape index (κ1) is 28.2. The number of piperidine rings is 1. The number of aryl methyl sites for hydroxylation is 1. The van der Waals surface area contributed by atoms with Crippen molar-refractivity contribution in [2.45, 2.75) is 64.0 Å². The number of alkyl halides is 4. The number of nitrogens with zero attached hydrogens (tertiary/aromatic N) is 5. The van der Waals surface area contributed by atoms with E-state index >= 15 is 8.78 Å².